The molecule has 2 N–H and O–H groups in total. The van der Waals surface area contributed by atoms with Gasteiger partial charge in [-0.3, -0.25) is 0 Å². The van der Waals surface area contributed by atoms with Crippen molar-refractivity contribution in [2.75, 3.05) is 12.0 Å². The van der Waals surface area contributed by atoms with E-state index >= 15 is 0 Å². The van der Waals surface area contributed by atoms with Gasteiger partial charge in [-0.05, 0) is 24.5 Å². The standard InChI is InChI=1S/C11H8ClN3OS/c1-17-5-2-3-7-6(4-5)8-9(16-7)10(12)15-11(13)14-8/h2-4H,1H3,(H2,13,14,15). The molecule has 0 aliphatic rings. The van der Waals surface area contributed by atoms with Gasteiger partial charge in [0.2, 0.25) is 5.95 Å². The molecule has 3 rings (SSSR count). The number of anilines is 1. The minimum Gasteiger partial charge on any atom is -0.451 e. The first-order valence-electron chi connectivity index (χ1n) is 4.88. The van der Waals surface area contributed by atoms with E-state index in [-0.39, 0.29) is 11.1 Å². The van der Waals surface area contributed by atoms with Gasteiger partial charge in [-0.2, -0.15) is 4.98 Å². The third kappa shape index (κ3) is 1.62. The first-order chi connectivity index (χ1) is 8.19. The van der Waals surface area contributed by atoms with Crippen molar-refractivity contribution in [1.29, 1.82) is 0 Å². The van der Waals surface area contributed by atoms with Gasteiger partial charge < -0.3 is 10.2 Å². The first-order valence-corrected chi connectivity index (χ1v) is 6.48. The summed E-state index contributed by atoms with van der Waals surface area (Å²) in [6.07, 6.45) is 2.01. The fourth-order valence-corrected chi connectivity index (χ4v) is 2.39. The molecule has 2 aromatic heterocycles. The number of nitrogens with two attached hydrogens (primary N) is 1. The van der Waals surface area contributed by atoms with Crippen molar-refractivity contribution < 1.29 is 4.42 Å². The number of thioether (sulfide) groups is 1. The molecule has 3 aromatic rings. The van der Waals surface area contributed by atoms with Crippen molar-refractivity contribution in [3.8, 4) is 0 Å². The van der Waals surface area contributed by atoms with Crippen molar-refractivity contribution >= 4 is 51.4 Å². The van der Waals surface area contributed by atoms with Gasteiger partial charge in [0.15, 0.2) is 10.7 Å². The largest absolute Gasteiger partial charge is 0.451 e. The number of nitrogens with zero attached hydrogens (tertiary/aromatic N) is 2. The second kappa shape index (κ2) is 3.78. The maximum Gasteiger partial charge on any atom is 0.222 e. The number of hydrogen-bond acceptors (Lipinski definition) is 5. The molecule has 0 saturated carbocycles. The van der Waals surface area contributed by atoms with Gasteiger partial charge in [0.25, 0.3) is 0 Å². The Morgan fingerprint density at radius 1 is 1.35 bits per heavy atom. The summed E-state index contributed by atoms with van der Waals surface area (Å²) < 4.78 is 5.62. The van der Waals surface area contributed by atoms with Crippen LogP contribution in [0.25, 0.3) is 22.1 Å². The zero-order chi connectivity index (χ0) is 12.0. The average molecular weight is 266 g/mol. The van der Waals surface area contributed by atoms with Gasteiger partial charge in [0, 0.05) is 10.3 Å². The molecule has 0 fully saturated rings. The number of halogens is 1. The Labute approximate surface area is 106 Å². The molecule has 17 heavy (non-hydrogen) atoms. The van der Waals surface area contributed by atoms with Gasteiger partial charge in [0.1, 0.15) is 11.1 Å². The van der Waals surface area contributed by atoms with E-state index in [1.165, 1.54) is 0 Å². The predicted molar refractivity (Wildman–Crippen MR) is 70.5 cm³/mol. The molecule has 4 nitrogen and oxygen atoms in total. The number of rotatable bonds is 1. The highest BCUT2D eigenvalue weighted by atomic mass is 35.5. The van der Waals surface area contributed by atoms with Gasteiger partial charge >= 0.3 is 0 Å². The van der Waals surface area contributed by atoms with Crippen molar-refractivity contribution in [1.82, 2.24) is 9.97 Å². The molecule has 0 radical (unpaired) electrons. The lowest BCUT2D eigenvalue weighted by molar-refractivity contribution is 0.666. The van der Waals surface area contributed by atoms with E-state index in [1.807, 2.05) is 24.5 Å². The number of hydrogen-bond donors (Lipinski definition) is 1. The molecule has 86 valence electrons. The molecule has 0 aliphatic heterocycles. The van der Waals surface area contributed by atoms with E-state index in [2.05, 4.69) is 9.97 Å². The van der Waals surface area contributed by atoms with E-state index in [4.69, 9.17) is 21.8 Å². The highest BCUT2D eigenvalue weighted by Gasteiger charge is 2.13. The summed E-state index contributed by atoms with van der Waals surface area (Å²) in [7, 11) is 0. The Hall–Kier alpha value is -1.46. The summed E-state index contributed by atoms with van der Waals surface area (Å²) in [5.41, 5.74) is 7.47. The minimum atomic E-state index is 0.153. The second-order valence-electron chi connectivity index (χ2n) is 3.51. The van der Waals surface area contributed by atoms with Crippen LogP contribution in [0.2, 0.25) is 5.15 Å². The molecule has 6 heteroatoms. The molecule has 0 bridgehead atoms. The Bertz CT molecular complexity index is 725. The van der Waals surface area contributed by atoms with E-state index < -0.39 is 0 Å². The summed E-state index contributed by atoms with van der Waals surface area (Å²) in [6, 6.07) is 5.89. The average Bonchev–Trinajstić information content (AvgIpc) is 2.67. The molecular weight excluding hydrogens is 258 g/mol. The fraction of sp³-hybridized carbons (Fsp3) is 0.0909. The molecule has 0 unspecified atom stereocenters. The van der Waals surface area contributed by atoms with Crippen LogP contribution in [-0.4, -0.2) is 16.2 Å². The molecule has 0 atom stereocenters. The first kappa shape index (κ1) is 10.7. The van der Waals surface area contributed by atoms with E-state index in [0.717, 1.165) is 15.9 Å². The van der Waals surface area contributed by atoms with Crippen molar-refractivity contribution in [3.05, 3.63) is 23.4 Å². The van der Waals surface area contributed by atoms with Crippen molar-refractivity contribution in [2.24, 2.45) is 0 Å². The maximum absolute atomic E-state index is 5.98. The smallest absolute Gasteiger partial charge is 0.222 e. The fourth-order valence-electron chi connectivity index (χ4n) is 1.73. The summed E-state index contributed by atoms with van der Waals surface area (Å²) >= 11 is 7.63. The van der Waals surface area contributed by atoms with E-state index in [9.17, 15) is 0 Å². The third-order valence-electron chi connectivity index (χ3n) is 2.50. The lowest BCUT2D eigenvalue weighted by Gasteiger charge is -1.95. The molecule has 0 saturated heterocycles. The Morgan fingerprint density at radius 2 is 2.18 bits per heavy atom. The van der Waals surface area contributed by atoms with Crippen LogP contribution in [0.5, 0.6) is 0 Å². The Morgan fingerprint density at radius 3 is 2.94 bits per heavy atom. The lowest BCUT2D eigenvalue weighted by Crippen LogP contribution is -1.94. The Balaban J connectivity index is 2.48. The van der Waals surface area contributed by atoms with Crippen LogP contribution >= 0.6 is 23.4 Å². The highest BCUT2D eigenvalue weighted by Crippen LogP contribution is 2.33. The summed E-state index contributed by atoms with van der Waals surface area (Å²) in [6.45, 7) is 0. The maximum atomic E-state index is 5.98. The van der Waals surface area contributed by atoms with Crippen LogP contribution < -0.4 is 5.73 Å². The molecule has 0 aliphatic carbocycles. The summed E-state index contributed by atoms with van der Waals surface area (Å²) in [5, 5.41) is 1.15. The van der Waals surface area contributed by atoms with Crippen LogP contribution in [-0.2, 0) is 0 Å². The number of nitrogen functional groups attached to an aromatic ring is 1. The van der Waals surface area contributed by atoms with Crippen LogP contribution in [0.1, 0.15) is 0 Å². The SMILES string of the molecule is CSc1ccc2oc3c(Cl)nc(N)nc3c2c1. The van der Waals surface area contributed by atoms with Gasteiger partial charge in [-0.1, -0.05) is 11.6 Å². The topological polar surface area (TPSA) is 64.9 Å². The molecule has 2 heterocycles. The van der Waals surface area contributed by atoms with Crippen LogP contribution in [0.4, 0.5) is 5.95 Å². The third-order valence-corrected chi connectivity index (χ3v) is 3.48. The summed E-state index contributed by atoms with van der Waals surface area (Å²) in [5.74, 6) is 0.153. The van der Waals surface area contributed by atoms with Crippen LogP contribution in [0.3, 0.4) is 0 Å². The van der Waals surface area contributed by atoms with Gasteiger partial charge in [0.05, 0.1) is 0 Å². The van der Waals surface area contributed by atoms with E-state index in [0.29, 0.717) is 11.1 Å². The Kier molecular flexibility index (Phi) is 2.38. The summed E-state index contributed by atoms with van der Waals surface area (Å²) in [4.78, 5) is 9.18. The minimum absolute atomic E-state index is 0.153. The van der Waals surface area contributed by atoms with Crippen molar-refractivity contribution in [3.63, 3.8) is 0 Å². The van der Waals surface area contributed by atoms with Gasteiger partial charge in [-0.15, -0.1) is 11.8 Å². The second-order valence-corrected chi connectivity index (χ2v) is 4.75. The number of furan rings is 1. The monoisotopic (exact) mass is 265 g/mol. The number of aromatic nitrogens is 2. The lowest BCUT2D eigenvalue weighted by atomic mass is 10.2. The highest BCUT2D eigenvalue weighted by molar-refractivity contribution is 7.98. The molecule has 0 spiro atoms. The zero-order valence-corrected chi connectivity index (χ0v) is 10.5. The zero-order valence-electron chi connectivity index (χ0n) is 8.90. The normalized spacial score (nSPS) is 11.4. The molecular formula is C11H8ClN3OS. The predicted octanol–water partition coefficient (Wildman–Crippen LogP) is 3.33. The quantitative estimate of drug-likeness (QED) is 0.540. The van der Waals surface area contributed by atoms with E-state index in [1.54, 1.807) is 11.8 Å². The van der Waals surface area contributed by atoms with Crippen LogP contribution in [0.15, 0.2) is 27.5 Å². The van der Waals surface area contributed by atoms with Crippen LogP contribution in [0, 0.1) is 0 Å². The molecule has 0 amide bonds. The number of fused-ring (bicyclic) bond motifs is 3. The van der Waals surface area contributed by atoms with Crippen molar-refractivity contribution in [2.45, 2.75) is 4.90 Å². The molecule has 1 aromatic carbocycles. The number of benzene rings is 1. The van der Waals surface area contributed by atoms with Gasteiger partial charge in [-0.25, -0.2) is 4.98 Å².